The van der Waals surface area contributed by atoms with Crippen LogP contribution in [0, 0.1) is 12.7 Å². The largest absolute Gasteiger partial charge is 0.334 e. The van der Waals surface area contributed by atoms with Crippen molar-refractivity contribution in [2.24, 2.45) is 7.05 Å². The lowest BCUT2D eigenvalue weighted by Crippen LogP contribution is -2.32. The molecule has 1 heterocycles. The van der Waals surface area contributed by atoms with Crippen LogP contribution in [0.3, 0.4) is 0 Å². The van der Waals surface area contributed by atoms with Crippen molar-refractivity contribution in [2.75, 3.05) is 12.8 Å². The summed E-state index contributed by atoms with van der Waals surface area (Å²) in [7, 11) is 0.515. The van der Waals surface area contributed by atoms with Gasteiger partial charge in [0.25, 0.3) is 5.91 Å². The summed E-state index contributed by atoms with van der Waals surface area (Å²) in [4.78, 5) is 20.0. The summed E-state index contributed by atoms with van der Waals surface area (Å²) in [5.41, 5.74) is 5.99. The monoisotopic (exact) mass is 561 g/mol. The van der Waals surface area contributed by atoms with Crippen molar-refractivity contribution in [1.29, 1.82) is 0 Å². The molecule has 0 aliphatic heterocycles. The van der Waals surface area contributed by atoms with E-state index in [4.69, 9.17) is 0 Å². The van der Waals surface area contributed by atoms with Crippen molar-refractivity contribution >= 4 is 16.7 Å². The van der Waals surface area contributed by atoms with Gasteiger partial charge in [-0.25, -0.2) is 9.37 Å². The minimum Gasteiger partial charge on any atom is -0.334 e. The van der Waals surface area contributed by atoms with Gasteiger partial charge in [-0.15, -0.1) is 0 Å². The van der Waals surface area contributed by atoms with Crippen molar-refractivity contribution in [3.63, 3.8) is 0 Å². The van der Waals surface area contributed by atoms with Crippen molar-refractivity contribution in [3.8, 4) is 22.5 Å². The van der Waals surface area contributed by atoms with Crippen LogP contribution < -0.4 is 0 Å². The van der Waals surface area contributed by atoms with Gasteiger partial charge in [-0.1, -0.05) is 64.1 Å². The van der Waals surface area contributed by atoms with Crippen LogP contribution in [0.5, 0.6) is 0 Å². The number of hydrogen-bond donors (Lipinski definition) is 0. The highest BCUT2D eigenvalue weighted by atomic mass is 32.2. The zero-order chi connectivity index (χ0) is 29.4. The number of amides is 1. The third kappa shape index (κ3) is 6.76. The average Bonchev–Trinajstić information content (AvgIpc) is 3.40. The van der Waals surface area contributed by atoms with Gasteiger partial charge in [0.2, 0.25) is 0 Å². The highest BCUT2D eigenvalue weighted by molar-refractivity contribution is 7.84. The zero-order valence-electron chi connectivity index (χ0n) is 24.6. The number of halogens is 1. The van der Waals surface area contributed by atoms with Crippen LogP contribution in [-0.2, 0) is 30.8 Å². The summed E-state index contributed by atoms with van der Waals surface area (Å²) >= 11 is 0. The Bertz CT molecular complexity index is 1480. The summed E-state index contributed by atoms with van der Waals surface area (Å²) < 4.78 is 29.0. The normalized spacial score (nSPS) is 11.5. The molecule has 0 saturated heterocycles. The number of imidazole rings is 1. The van der Waals surface area contributed by atoms with Crippen LogP contribution in [0.1, 0.15) is 61.2 Å². The Balaban J connectivity index is 0.00000216. The molecule has 5 nitrogen and oxygen atoms in total. The second-order valence-electron chi connectivity index (χ2n) is 9.52. The van der Waals surface area contributed by atoms with E-state index in [1.807, 2.05) is 52.4 Å². The van der Waals surface area contributed by atoms with E-state index in [1.54, 1.807) is 17.2 Å². The SMILES string of the molecule is CC.CCCN(Cc1cc(-c2ccc(-c3nccn3C)cc2)ccc1C)C(=O)c1ccc(S(C)=O)c(F)c1CC. The lowest BCUT2D eigenvalue weighted by Gasteiger charge is -2.25. The first-order valence-corrected chi connectivity index (χ1v) is 15.4. The smallest absolute Gasteiger partial charge is 0.254 e. The molecule has 1 atom stereocenters. The van der Waals surface area contributed by atoms with E-state index in [0.717, 1.165) is 40.1 Å². The summed E-state index contributed by atoms with van der Waals surface area (Å²) in [6, 6.07) is 17.7. The minimum absolute atomic E-state index is 0.137. The van der Waals surface area contributed by atoms with E-state index in [2.05, 4.69) is 47.4 Å². The Morgan fingerprint density at radius 2 is 1.65 bits per heavy atom. The molecule has 4 rings (SSSR count). The van der Waals surface area contributed by atoms with Crippen LogP contribution in [0.25, 0.3) is 22.5 Å². The second-order valence-corrected chi connectivity index (χ2v) is 10.9. The van der Waals surface area contributed by atoms with E-state index < -0.39 is 16.6 Å². The maximum absolute atomic E-state index is 15.1. The number of rotatable bonds is 9. The number of carbonyl (C=O) groups is 1. The van der Waals surface area contributed by atoms with Crippen LogP contribution in [0.2, 0.25) is 0 Å². The summed E-state index contributed by atoms with van der Waals surface area (Å²) in [6.45, 7) is 10.9. The number of aryl methyl sites for hydroxylation is 2. The first-order chi connectivity index (χ1) is 19.2. The molecular formula is C33H40FN3O2S. The molecule has 0 radical (unpaired) electrons. The number of aromatic nitrogens is 2. The third-order valence-corrected chi connectivity index (χ3v) is 7.82. The molecule has 0 spiro atoms. The fourth-order valence-corrected chi connectivity index (χ4v) is 5.38. The minimum atomic E-state index is -1.46. The van der Waals surface area contributed by atoms with Crippen LogP contribution >= 0.6 is 0 Å². The van der Waals surface area contributed by atoms with Gasteiger partial charge in [-0.05, 0) is 60.2 Å². The van der Waals surface area contributed by atoms with E-state index in [9.17, 15) is 9.00 Å². The second kappa shape index (κ2) is 14.2. The molecule has 40 heavy (non-hydrogen) atoms. The Morgan fingerprint density at radius 3 is 2.23 bits per heavy atom. The predicted octanol–water partition coefficient (Wildman–Crippen LogP) is 7.58. The van der Waals surface area contributed by atoms with Gasteiger partial charge >= 0.3 is 0 Å². The molecule has 0 saturated carbocycles. The highest BCUT2D eigenvalue weighted by Gasteiger charge is 2.23. The molecule has 0 N–H and O–H groups in total. The van der Waals surface area contributed by atoms with Gasteiger partial charge in [0.05, 0.1) is 15.7 Å². The Kier molecular flexibility index (Phi) is 11.0. The fraction of sp³-hybridized carbons (Fsp3) is 0.333. The molecule has 212 valence electrons. The molecule has 1 amide bonds. The maximum Gasteiger partial charge on any atom is 0.254 e. The molecule has 1 unspecified atom stereocenters. The molecule has 1 aromatic heterocycles. The molecule has 4 aromatic rings. The molecule has 0 aliphatic rings. The number of benzene rings is 3. The van der Waals surface area contributed by atoms with Gasteiger partial charge in [0.15, 0.2) is 0 Å². The average molecular weight is 562 g/mol. The maximum atomic E-state index is 15.1. The first kappa shape index (κ1) is 31.0. The van der Waals surface area contributed by atoms with Gasteiger partial charge in [-0.2, -0.15) is 0 Å². The zero-order valence-corrected chi connectivity index (χ0v) is 25.4. The molecular weight excluding hydrogens is 521 g/mol. The van der Waals surface area contributed by atoms with Crippen LogP contribution in [0.15, 0.2) is 71.9 Å². The lowest BCUT2D eigenvalue weighted by molar-refractivity contribution is 0.0741. The van der Waals surface area contributed by atoms with E-state index >= 15 is 4.39 Å². The molecule has 0 bridgehead atoms. The Hall–Kier alpha value is -3.58. The van der Waals surface area contributed by atoms with Crippen LogP contribution in [-0.4, -0.2) is 37.4 Å². The topological polar surface area (TPSA) is 55.2 Å². The van der Waals surface area contributed by atoms with Gasteiger partial charge < -0.3 is 9.47 Å². The van der Waals surface area contributed by atoms with Crippen LogP contribution in [0.4, 0.5) is 4.39 Å². The fourth-order valence-electron chi connectivity index (χ4n) is 4.74. The molecule has 3 aromatic carbocycles. The van der Waals surface area contributed by atoms with Crippen molar-refractivity contribution < 1.29 is 13.4 Å². The first-order valence-electron chi connectivity index (χ1n) is 13.9. The molecule has 0 aliphatic carbocycles. The van der Waals surface area contributed by atoms with Gasteiger partial charge in [0, 0.05) is 55.5 Å². The van der Waals surface area contributed by atoms with Gasteiger partial charge in [0.1, 0.15) is 11.6 Å². The quantitative estimate of drug-likeness (QED) is 0.212. The van der Waals surface area contributed by atoms with E-state index in [-0.39, 0.29) is 10.8 Å². The third-order valence-electron chi connectivity index (χ3n) is 6.89. The Morgan fingerprint density at radius 1 is 1.00 bits per heavy atom. The summed E-state index contributed by atoms with van der Waals surface area (Å²) in [5.74, 6) is 0.166. The van der Waals surface area contributed by atoms with Crippen molar-refractivity contribution in [2.45, 2.75) is 58.9 Å². The standard InChI is InChI=1S/C31H34FN3O2S.C2H6/c1-6-17-35(31(36)27-14-15-28(38(5)37)29(32)26(27)7-2)20-25-19-24(9-8-21(25)3)22-10-12-23(13-11-22)30-33-16-18-34(30)4;1-2/h8-16,18-19H,6-7,17,20H2,1-5H3;1-2H3. The number of carbonyl (C=O) groups excluding carboxylic acids is 1. The van der Waals surface area contributed by atoms with E-state index in [0.29, 0.717) is 30.6 Å². The number of nitrogens with zero attached hydrogens (tertiary/aromatic N) is 3. The number of hydrogen-bond acceptors (Lipinski definition) is 3. The van der Waals surface area contributed by atoms with Crippen molar-refractivity contribution in [1.82, 2.24) is 14.5 Å². The van der Waals surface area contributed by atoms with E-state index in [1.165, 1.54) is 12.3 Å². The van der Waals surface area contributed by atoms with Crippen molar-refractivity contribution in [3.05, 3.63) is 95.1 Å². The Labute approximate surface area is 240 Å². The highest BCUT2D eigenvalue weighted by Crippen LogP contribution is 2.28. The molecule has 7 heteroatoms. The molecule has 0 fully saturated rings. The van der Waals surface area contributed by atoms with Gasteiger partial charge in [-0.3, -0.25) is 9.00 Å². The summed E-state index contributed by atoms with van der Waals surface area (Å²) in [5, 5.41) is 0. The predicted molar refractivity (Wildman–Crippen MR) is 163 cm³/mol. The summed E-state index contributed by atoms with van der Waals surface area (Å²) in [6.07, 6.45) is 6.29. The lowest BCUT2D eigenvalue weighted by atomic mass is 9.98.